The SMILES string of the molecule is CC1(C(S)c2nnnn2-c2ccccc2)CO1. The summed E-state index contributed by atoms with van der Waals surface area (Å²) in [6, 6.07) is 9.76. The topological polar surface area (TPSA) is 56.1 Å². The van der Waals surface area contributed by atoms with Crippen LogP contribution < -0.4 is 0 Å². The Hall–Kier alpha value is -1.40. The summed E-state index contributed by atoms with van der Waals surface area (Å²) in [5, 5.41) is 11.6. The minimum absolute atomic E-state index is 0.127. The fraction of sp³-hybridized carbons (Fsp3) is 0.364. The second-order valence-electron chi connectivity index (χ2n) is 4.29. The smallest absolute Gasteiger partial charge is 0.172 e. The van der Waals surface area contributed by atoms with Gasteiger partial charge in [-0.15, -0.1) is 5.10 Å². The van der Waals surface area contributed by atoms with Gasteiger partial charge >= 0.3 is 0 Å². The Morgan fingerprint density at radius 1 is 1.41 bits per heavy atom. The van der Waals surface area contributed by atoms with E-state index >= 15 is 0 Å². The maximum atomic E-state index is 5.39. The summed E-state index contributed by atoms with van der Waals surface area (Å²) in [6.07, 6.45) is 0. The number of thiol groups is 1. The lowest BCUT2D eigenvalue weighted by molar-refractivity contribution is 0.314. The molecule has 0 bridgehead atoms. The molecule has 2 unspecified atom stereocenters. The molecule has 0 spiro atoms. The van der Waals surface area contributed by atoms with Crippen molar-refractivity contribution in [3.63, 3.8) is 0 Å². The summed E-state index contributed by atoms with van der Waals surface area (Å²) in [6.45, 7) is 2.71. The van der Waals surface area contributed by atoms with Gasteiger partial charge in [-0.1, -0.05) is 18.2 Å². The van der Waals surface area contributed by atoms with Gasteiger partial charge in [0, 0.05) is 0 Å². The van der Waals surface area contributed by atoms with E-state index < -0.39 is 0 Å². The number of epoxide rings is 1. The molecule has 2 aromatic rings. The number of rotatable bonds is 3. The summed E-state index contributed by atoms with van der Waals surface area (Å²) in [5.41, 5.74) is 0.681. The molecule has 1 saturated heterocycles. The quantitative estimate of drug-likeness (QED) is 0.659. The standard InChI is InChI=1S/C11H12N4OS/c1-11(7-16-11)9(17)10-12-13-14-15(10)8-5-3-2-4-6-8/h2-6,9,17H,7H2,1H3. The van der Waals surface area contributed by atoms with Gasteiger partial charge in [0.25, 0.3) is 0 Å². The molecule has 2 heterocycles. The van der Waals surface area contributed by atoms with E-state index in [1.165, 1.54) is 0 Å². The van der Waals surface area contributed by atoms with E-state index in [2.05, 4.69) is 28.2 Å². The number of benzene rings is 1. The first-order valence-electron chi connectivity index (χ1n) is 5.36. The Morgan fingerprint density at radius 2 is 2.12 bits per heavy atom. The molecule has 3 rings (SSSR count). The van der Waals surface area contributed by atoms with Gasteiger partial charge in [0.15, 0.2) is 5.82 Å². The van der Waals surface area contributed by atoms with Crippen LogP contribution >= 0.6 is 12.6 Å². The molecule has 0 aliphatic carbocycles. The van der Waals surface area contributed by atoms with Crippen molar-refractivity contribution in [1.82, 2.24) is 20.2 Å². The lowest BCUT2D eigenvalue weighted by Gasteiger charge is -2.14. The second-order valence-corrected chi connectivity index (χ2v) is 4.80. The molecule has 0 N–H and O–H groups in total. The third kappa shape index (κ3) is 1.83. The Morgan fingerprint density at radius 3 is 2.76 bits per heavy atom. The highest BCUT2D eigenvalue weighted by atomic mass is 32.1. The third-order valence-electron chi connectivity index (χ3n) is 2.92. The van der Waals surface area contributed by atoms with Crippen LogP contribution in [0.25, 0.3) is 5.69 Å². The maximum absolute atomic E-state index is 5.39. The molecule has 88 valence electrons. The van der Waals surface area contributed by atoms with Crippen molar-refractivity contribution >= 4 is 12.6 Å². The zero-order valence-corrected chi connectivity index (χ0v) is 10.2. The normalized spacial score (nSPS) is 24.6. The van der Waals surface area contributed by atoms with E-state index in [1.54, 1.807) is 4.68 Å². The van der Waals surface area contributed by atoms with Crippen molar-refractivity contribution in [3.05, 3.63) is 36.2 Å². The van der Waals surface area contributed by atoms with Crippen molar-refractivity contribution < 1.29 is 4.74 Å². The van der Waals surface area contributed by atoms with Gasteiger partial charge in [-0.2, -0.15) is 17.3 Å². The van der Waals surface area contributed by atoms with Gasteiger partial charge < -0.3 is 4.74 Å². The highest BCUT2D eigenvalue weighted by Gasteiger charge is 2.48. The van der Waals surface area contributed by atoms with Gasteiger partial charge in [0.2, 0.25) is 0 Å². The molecule has 1 fully saturated rings. The van der Waals surface area contributed by atoms with Gasteiger partial charge in [-0.05, 0) is 29.5 Å². The highest BCUT2D eigenvalue weighted by molar-refractivity contribution is 7.80. The van der Waals surface area contributed by atoms with Crippen LogP contribution in [0.2, 0.25) is 0 Å². The van der Waals surface area contributed by atoms with Crippen molar-refractivity contribution in [1.29, 1.82) is 0 Å². The Labute approximate surface area is 104 Å². The van der Waals surface area contributed by atoms with Crippen LogP contribution in [0, 0.1) is 0 Å². The fourth-order valence-electron chi connectivity index (χ4n) is 1.66. The molecule has 0 saturated carbocycles. The number of para-hydroxylation sites is 1. The van der Waals surface area contributed by atoms with E-state index in [9.17, 15) is 0 Å². The molecular formula is C11H12N4OS. The Bertz CT molecular complexity index is 523. The molecule has 5 nitrogen and oxygen atoms in total. The molecule has 0 amide bonds. The summed E-state index contributed by atoms with van der Waals surface area (Å²) >= 11 is 4.56. The molecular weight excluding hydrogens is 236 g/mol. The third-order valence-corrected chi connectivity index (χ3v) is 3.69. The molecule has 6 heteroatoms. The van der Waals surface area contributed by atoms with Crippen LogP contribution in [0.15, 0.2) is 30.3 Å². The molecule has 1 aromatic heterocycles. The number of aromatic nitrogens is 4. The van der Waals surface area contributed by atoms with E-state index in [0.29, 0.717) is 12.4 Å². The van der Waals surface area contributed by atoms with Crippen molar-refractivity contribution in [2.24, 2.45) is 0 Å². The monoisotopic (exact) mass is 248 g/mol. The van der Waals surface area contributed by atoms with Crippen LogP contribution in [-0.4, -0.2) is 32.4 Å². The van der Waals surface area contributed by atoms with Crippen LogP contribution in [0.4, 0.5) is 0 Å². The largest absolute Gasteiger partial charge is 0.368 e. The van der Waals surface area contributed by atoms with E-state index in [-0.39, 0.29) is 10.9 Å². The van der Waals surface area contributed by atoms with Gasteiger partial charge in [0.1, 0.15) is 5.60 Å². The predicted molar refractivity (Wildman–Crippen MR) is 65.2 cm³/mol. The van der Waals surface area contributed by atoms with Crippen LogP contribution in [0.3, 0.4) is 0 Å². The summed E-state index contributed by atoms with van der Waals surface area (Å²) in [7, 11) is 0. The predicted octanol–water partition coefficient (Wildman–Crippen LogP) is 1.42. The van der Waals surface area contributed by atoms with Crippen LogP contribution in [0.5, 0.6) is 0 Å². The molecule has 0 radical (unpaired) electrons. The van der Waals surface area contributed by atoms with Crippen molar-refractivity contribution in [2.45, 2.75) is 17.8 Å². The maximum Gasteiger partial charge on any atom is 0.172 e. The van der Waals surface area contributed by atoms with Crippen LogP contribution in [0.1, 0.15) is 18.0 Å². The van der Waals surface area contributed by atoms with E-state index in [1.807, 2.05) is 37.3 Å². The minimum Gasteiger partial charge on any atom is -0.368 e. The minimum atomic E-state index is -0.246. The van der Waals surface area contributed by atoms with E-state index in [0.717, 1.165) is 5.69 Å². The van der Waals surface area contributed by atoms with Crippen molar-refractivity contribution in [2.75, 3.05) is 6.61 Å². The number of hydrogen-bond donors (Lipinski definition) is 1. The first kappa shape index (κ1) is 10.7. The number of hydrogen-bond acceptors (Lipinski definition) is 5. The highest BCUT2D eigenvalue weighted by Crippen LogP contribution is 2.42. The Kier molecular flexibility index (Phi) is 2.41. The van der Waals surface area contributed by atoms with Gasteiger partial charge in [0.05, 0.1) is 17.5 Å². The summed E-state index contributed by atoms with van der Waals surface area (Å²) < 4.78 is 7.09. The van der Waals surface area contributed by atoms with Gasteiger partial charge in [-0.25, -0.2) is 0 Å². The number of tetrazole rings is 1. The fourth-order valence-corrected chi connectivity index (χ4v) is 1.97. The average molecular weight is 248 g/mol. The zero-order chi connectivity index (χ0) is 11.9. The second kappa shape index (κ2) is 3.82. The van der Waals surface area contributed by atoms with Crippen molar-refractivity contribution in [3.8, 4) is 5.69 Å². The lowest BCUT2D eigenvalue weighted by Crippen LogP contribution is -2.18. The molecule has 1 aliphatic heterocycles. The molecule has 1 aliphatic rings. The van der Waals surface area contributed by atoms with E-state index in [4.69, 9.17) is 4.74 Å². The van der Waals surface area contributed by atoms with Gasteiger partial charge in [-0.3, -0.25) is 0 Å². The summed E-state index contributed by atoms with van der Waals surface area (Å²) in [5.74, 6) is 0.708. The molecule has 17 heavy (non-hydrogen) atoms. The first-order chi connectivity index (χ1) is 8.21. The Balaban J connectivity index is 2.00. The molecule has 2 atom stereocenters. The molecule has 1 aromatic carbocycles. The first-order valence-corrected chi connectivity index (χ1v) is 5.88. The van der Waals surface area contributed by atoms with Crippen LogP contribution in [-0.2, 0) is 4.74 Å². The number of ether oxygens (including phenoxy) is 1. The summed E-state index contributed by atoms with van der Waals surface area (Å²) in [4.78, 5) is 0. The lowest BCUT2D eigenvalue weighted by atomic mass is 10.1. The average Bonchev–Trinajstić information content (AvgIpc) is 2.95. The number of nitrogens with zero attached hydrogens (tertiary/aromatic N) is 4. The zero-order valence-electron chi connectivity index (χ0n) is 9.32.